The van der Waals surface area contributed by atoms with Crippen LogP contribution in [0.4, 0.5) is 0 Å². The van der Waals surface area contributed by atoms with Gasteiger partial charge in [-0.1, -0.05) is 65.3 Å². The molecule has 0 aliphatic heterocycles. The van der Waals surface area contributed by atoms with Crippen LogP contribution in [-0.4, -0.2) is 21.1 Å². The Labute approximate surface area is 154 Å². The molecule has 0 spiro atoms. The molecule has 4 nitrogen and oxygen atoms in total. The summed E-state index contributed by atoms with van der Waals surface area (Å²) < 4.78 is 5.57. The monoisotopic (exact) mass is 347 g/mol. The van der Waals surface area contributed by atoms with Crippen molar-refractivity contribution in [1.82, 2.24) is 15.0 Å². The zero-order valence-corrected chi connectivity index (χ0v) is 15.4. The molecule has 0 N–H and O–H groups in total. The van der Waals surface area contributed by atoms with Crippen molar-refractivity contribution < 1.29 is 4.52 Å². The molecule has 3 aromatic rings. The minimum absolute atomic E-state index is 0.518. The normalized spacial score (nSPS) is 15.3. The summed E-state index contributed by atoms with van der Waals surface area (Å²) >= 11 is 0. The Morgan fingerprint density at radius 1 is 1.04 bits per heavy atom. The lowest BCUT2D eigenvalue weighted by Crippen LogP contribution is -2.33. The van der Waals surface area contributed by atoms with E-state index >= 15 is 0 Å². The van der Waals surface area contributed by atoms with Crippen LogP contribution >= 0.6 is 0 Å². The SMILES string of the molecule is Cc1ccc(-c2noc(CN(Cc3ccccc3)[C@H](C)C3CC3)n2)cc1. The molecule has 4 heteroatoms. The first-order valence-corrected chi connectivity index (χ1v) is 9.36. The highest BCUT2D eigenvalue weighted by Crippen LogP contribution is 2.36. The van der Waals surface area contributed by atoms with Gasteiger partial charge in [0.1, 0.15) is 0 Å². The van der Waals surface area contributed by atoms with Gasteiger partial charge in [0.2, 0.25) is 11.7 Å². The Balaban J connectivity index is 1.51. The Morgan fingerprint density at radius 2 is 1.77 bits per heavy atom. The lowest BCUT2D eigenvalue weighted by Gasteiger charge is -2.27. The van der Waals surface area contributed by atoms with Crippen molar-refractivity contribution in [1.29, 1.82) is 0 Å². The molecule has 4 rings (SSSR count). The van der Waals surface area contributed by atoms with Gasteiger partial charge < -0.3 is 4.52 Å². The van der Waals surface area contributed by atoms with Crippen molar-refractivity contribution in [2.45, 2.75) is 45.8 Å². The fourth-order valence-electron chi connectivity index (χ4n) is 3.35. The minimum Gasteiger partial charge on any atom is -0.338 e. The third-order valence-electron chi connectivity index (χ3n) is 5.22. The first-order chi connectivity index (χ1) is 12.7. The van der Waals surface area contributed by atoms with E-state index in [9.17, 15) is 0 Å². The molecule has 26 heavy (non-hydrogen) atoms. The molecular formula is C22H25N3O. The molecule has 134 valence electrons. The van der Waals surface area contributed by atoms with E-state index in [0.29, 0.717) is 24.3 Å². The summed E-state index contributed by atoms with van der Waals surface area (Å²) in [5.41, 5.74) is 3.54. The van der Waals surface area contributed by atoms with Gasteiger partial charge in [0.25, 0.3) is 0 Å². The topological polar surface area (TPSA) is 42.2 Å². The lowest BCUT2D eigenvalue weighted by atomic mass is 10.1. The number of aryl methyl sites for hydroxylation is 1. The molecule has 1 aromatic heterocycles. The van der Waals surface area contributed by atoms with E-state index in [1.807, 2.05) is 12.1 Å². The van der Waals surface area contributed by atoms with Gasteiger partial charge in [0.05, 0.1) is 6.54 Å². The van der Waals surface area contributed by atoms with E-state index in [2.05, 4.69) is 71.4 Å². The highest BCUT2D eigenvalue weighted by Gasteiger charge is 2.32. The Kier molecular flexibility index (Phi) is 4.85. The number of aromatic nitrogens is 2. The van der Waals surface area contributed by atoms with E-state index in [1.54, 1.807) is 0 Å². The van der Waals surface area contributed by atoms with Crippen molar-refractivity contribution in [2.75, 3.05) is 0 Å². The maximum atomic E-state index is 5.57. The standard InChI is InChI=1S/C22H25N3O/c1-16-8-10-20(11-9-16)22-23-21(26-24-22)15-25(17(2)19-12-13-19)14-18-6-4-3-5-7-18/h3-11,17,19H,12-15H2,1-2H3/t17-/m1/s1. The van der Waals surface area contributed by atoms with Crippen LogP contribution in [0.1, 0.15) is 36.8 Å². The largest absolute Gasteiger partial charge is 0.338 e. The average molecular weight is 347 g/mol. The Bertz CT molecular complexity index is 837. The summed E-state index contributed by atoms with van der Waals surface area (Å²) in [6, 6.07) is 19.3. The van der Waals surface area contributed by atoms with Crippen molar-refractivity contribution in [3.05, 3.63) is 71.6 Å². The number of nitrogens with zero attached hydrogens (tertiary/aromatic N) is 3. The van der Waals surface area contributed by atoms with Crippen LogP contribution in [0.5, 0.6) is 0 Å². The zero-order valence-electron chi connectivity index (χ0n) is 15.4. The number of rotatable bonds is 7. The molecule has 0 saturated heterocycles. The average Bonchev–Trinajstić information content (AvgIpc) is 3.41. The van der Waals surface area contributed by atoms with Crippen LogP contribution in [0.2, 0.25) is 0 Å². The highest BCUT2D eigenvalue weighted by molar-refractivity contribution is 5.54. The number of benzene rings is 2. The van der Waals surface area contributed by atoms with E-state index in [1.165, 1.54) is 24.0 Å². The second-order valence-electron chi connectivity index (χ2n) is 7.35. The van der Waals surface area contributed by atoms with E-state index in [0.717, 1.165) is 18.0 Å². The quantitative estimate of drug-likeness (QED) is 0.613. The van der Waals surface area contributed by atoms with Gasteiger partial charge in [0, 0.05) is 18.2 Å². The molecule has 1 atom stereocenters. The molecule has 1 aliphatic carbocycles. The number of hydrogen-bond donors (Lipinski definition) is 0. The van der Waals surface area contributed by atoms with Gasteiger partial charge >= 0.3 is 0 Å². The smallest absolute Gasteiger partial charge is 0.241 e. The van der Waals surface area contributed by atoms with Gasteiger partial charge in [-0.15, -0.1) is 0 Å². The van der Waals surface area contributed by atoms with Crippen molar-refractivity contribution >= 4 is 0 Å². The summed E-state index contributed by atoms with van der Waals surface area (Å²) in [6.45, 7) is 5.98. The third-order valence-corrected chi connectivity index (χ3v) is 5.22. The molecule has 0 unspecified atom stereocenters. The molecule has 2 aromatic carbocycles. The van der Waals surface area contributed by atoms with Crippen LogP contribution in [-0.2, 0) is 13.1 Å². The molecule has 1 saturated carbocycles. The first-order valence-electron chi connectivity index (χ1n) is 9.36. The number of hydrogen-bond acceptors (Lipinski definition) is 4. The summed E-state index contributed by atoms with van der Waals surface area (Å²) in [5.74, 6) is 2.14. The molecule has 1 aliphatic rings. The lowest BCUT2D eigenvalue weighted by molar-refractivity contribution is 0.150. The van der Waals surface area contributed by atoms with E-state index < -0.39 is 0 Å². The second kappa shape index (κ2) is 7.42. The minimum atomic E-state index is 0.518. The summed E-state index contributed by atoms with van der Waals surface area (Å²) in [6.07, 6.45) is 2.65. The van der Waals surface area contributed by atoms with Crippen LogP contribution in [0, 0.1) is 12.8 Å². The third kappa shape index (κ3) is 4.02. The van der Waals surface area contributed by atoms with Crippen molar-refractivity contribution in [2.24, 2.45) is 5.92 Å². The van der Waals surface area contributed by atoms with Crippen LogP contribution in [0.15, 0.2) is 59.1 Å². The van der Waals surface area contributed by atoms with Gasteiger partial charge in [-0.05, 0) is 38.2 Å². The maximum Gasteiger partial charge on any atom is 0.241 e. The summed E-state index contributed by atoms with van der Waals surface area (Å²) in [4.78, 5) is 7.09. The first kappa shape index (κ1) is 17.0. The zero-order chi connectivity index (χ0) is 17.9. The molecule has 0 amide bonds. The Morgan fingerprint density at radius 3 is 2.46 bits per heavy atom. The second-order valence-corrected chi connectivity index (χ2v) is 7.35. The predicted octanol–water partition coefficient (Wildman–Crippen LogP) is 4.85. The van der Waals surface area contributed by atoms with Gasteiger partial charge in [-0.2, -0.15) is 4.98 Å². The van der Waals surface area contributed by atoms with Gasteiger partial charge in [-0.3, -0.25) is 4.90 Å². The fraction of sp³-hybridized carbons (Fsp3) is 0.364. The summed E-state index contributed by atoms with van der Waals surface area (Å²) in [5, 5.41) is 4.18. The molecular weight excluding hydrogens is 322 g/mol. The maximum absolute atomic E-state index is 5.57. The highest BCUT2D eigenvalue weighted by atomic mass is 16.5. The van der Waals surface area contributed by atoms with Crippen molar-refractivity contribution in [3.8, 4) is 11.4 Å². The molecule has 1 heterocycles. The van der Waals surface area contributed by atoms with E-state index in [4.69, 9.17) is 4.52 Å². The predicted molar refractivity (Wildman–Crippen MR) is 102 cm³/mol. The molecule has 0 bridgehead atoms. The summed E-state index contributed by atoms with van der Waals surface area (Å²) in [7, 11) is 0. The fourth-order valence-corrected chi connectivity index (χ4v) is 3.35. The van der Waals surface area contributed by atoms with Crippen LogP contribution in [0.25, 0.3) is 11.4 Å². The van der Waals surface area contributed by atoms with Gasteiger partial charge in [-0.25, -0.2) is 0 Å². The Hall–Kier alpha value is -2.46. The molecule has 1 fully saturated rings. The van der Waals surface area contributed by atoms with Crippen molar-refractivity contribution in [3.63, 3.8) is 0 Å². The van der Waals surface area contributed by atoms with Gasteiger partial charge in [0.15, 0.2) is 0 Å². The van der Waals surface area contributed by atoms with E-state index in [-0.39, 0.29) is 0 Å². The van der Waals surface area contributed by atoms with Crippen LogP contribution in [0.3, 0.4) is 0 Å². The molecule has 0 radical (unpaired) electrons. The van der Waals surface area contributed by atoms with Crippen LogP contribution < -0.4 is 0 Å².